The number of ether oxygens (including phenoxy) is 2. The van der Waals surface area contributed by atoms with Crippen LogP contribution in [-0.2, 0) is 0 Å². The number of nitro groups is 1. The van der Waals surface area contributed by atoms with Gasteiger partial charge < -0.3 is 14.5 Å². The molecular formula is C18H19N3O5. The van der Waals surface area contributed by atoms with Gasteiger partial charge in [-0.15, -0.1) is 0 Å². The Balaban J connectivity index is 2.26. The van der Waals surface area contributed by atoms with Crippen molar-refractivity contribution in [2.75, 3.05) is 20.7 Å². The second-order valence-corrected chi connectivity index (χ2v) is 5.43. The van der Waals surface area contributed by atoms with Gasteiger partial charge in [0, 0.05) is 26.2 Å². The summed E-state index contributed by atoms with van der Waals surface area (Å²) in [5, 5.41) is 16.6. The highest BCUT2D eigenvalue weighted by Crippen LogP contribution is 2.29. The molecule has 0 radical (unpaired) electrons. The normalized spacial score (nSPS) is 10.6. The van der Waals surface area contributed by atoms with E-state index in [0.29, 0.717) is 12.4 Å². The van der Waals surface area contributed by atoms with E-state index in [0.717, 1.165) is 5.56 Å². The lowest BCUT2D eigenvalue weighted by atomic mass is 10.2. The van der Waals surface area contributed by atoms with E-state index in [1.807, 2.05) is 6.92 Å². The van der Waals surface area contributed by atoms with Crippen LogP contribution in [0.2, 0.25) is 0 Å². The molecule has 0 aliphatic carbocycles. The number of benzene rings is 2. The van der Waals surface area contributed by atoms with Crippen molar-refractivity contribution in [2.24, 2.45) is 5.10 Å². The van der Waals surface area contributed by atoms with E-state index in [9.17, 15) is 14.9 Å². The second kappa shape index (κ2) is 8.61. The van der Waals surface area contributed by atoms with Crippen LogP contribution in [-0.4, -0.2) is 42.8 Å². The molecule has 2 rings (SSSR count). The lowest BCUT2D eigenvalue weighted by Crippen LogP contribution is -2.10. The summed E-state index contributed by atoms with van der Waals surface area (Å²) in [6.07, 6.45) is 1.65. The van der Waals surface area contributed by atoms with Crippen molar-refractivity contribution in [3.63, 3.8) is 0 Å². The SMILES string of the molecule is CCOc1cc(C=NN(C)C)ccc1OC(=O)c1cccc([N+](=O)[O-])c1. The summed E-state index contributed by atoms with van der Waals surface area (Å²) in [5.41, 5.74) is 0.678. The van der Waals surface area contributed by atoms with Gasteiger partial charge in [-0.05, 0) is 36.8 Å². The fourth-order valence-corrected chi connectivity index (χ4v) is 2.04. The van der Waals surface area contributed by atoms with Gasteiger partial charge in [0.2, 0.25) is 0 Å². The van der Waals surface area contributed by atoms with E-state index in [4.69, 9.17) is 9.47 Å². The average Bonchev–Trinajstić information content (AvgIpc) is 2.62. The van der Waals surface area contributed by atoms with E-state index in [2.05, 4.69) is 5.10 Å². The summed E-state index contributed by atoms with van der Waals surface area (Å²) in [4.78, 5) is 22.6. The van der Waals surface area contributed by atoms with Gasteiger partial charge in [0.15, 0.2) is 11.5 Å². The molecule has 0 spiro atoms. The van der Waals surface area contributed by atoms with E-state index in [-0.39, 0.29) is 17.0 Å². The van der Waals surface area contributed by atoms with Crippen molar-refractivity contribution in [3.05, 3.63) is 63.7 Å². The van der Waals surface area contributed by atoms with Crippen LogP contribution < -0.4 is 9.47 Å². The molecule has 8 nitrogen and oxygen atoms in total. The Morgan fingerprint density at radius 1 is 1.23 bits per heavy atom. The standard InChI is InChI=1S/C18H19N3O5/c1-4-25-17-10-13(12-19-20(2)3)8-9-16(17)26-18(22)14-6-5-7-15(11-14)21(23)24/h5-12H,4H2,1-3H3. The highest BCUT2D eigenvalue weighted by molar-refractivity contribution is 5.92. The Morgan fingerprint density at radius 2 is 2.00 bits per heavy atom. The lowest BCUT2D eigenvalue weighted by Gasteiger charge is -2.11. The molecule has 0 heterocycles. The molecule has 0 atom stereocenters. The molecule has 0 aromatic heterocycles. The molecule has 0 N–H and O–H groups in total. The number of carbonyl (C=O) groups is 1. The van der Waals surface area contributed by atoms with Crippen LogP contribution in [0.1, 0.15) is 22.8 Å². The topological polar surface area (TPSA) is 94.3 Å². The van der Waals surface area contributed by atoms with Crippen LogP contribution in [0, 0.1) is 10.1 Å². The zero-order valence-corrected chi connectivity index (χ0v) is 14.7. The van der Waals surface area contributed by atoms with E-state index < -0.39 is 10.9 Å². The Bertz CT molecular complexity index is 833. The first-order valence-electron chi connectivity index (χ1n) is 7.85. The van der Waals surface area contributed by atoms with Gasteiger partial charge >= 0.3 is 5.97 Å². The Hall–Kier alpha value is -3.42. The summed E-state index contributed by atoms with van der Waals surface area (Å²) in [6, 6.07) is 10.4. The maximum Gasteiger partial charge on any atom is 0.343 e. The number of carbonyl (C=O) groups excluding carboxylic acids is 1. The summed E-state index contributed by atoms with van der Waals surface area (Å²) in [5.74, 6) is -0.0938. The molecule has 0 aliphatic heterocycles. The highest BCUT2D eigenvalue weighted by atomic mass is 16.6. The van der Waals surface area contributed by atoms with Crippen molar-refractivity contribution < 1.29 is 19.2 Å². The van der Waals surface area contributed by atoms with Gasteiger partial charge in [0.05, 0.1) is 23.3 Å². The third-order valence-electron chi connectivity index (χ3n) is 3.20. The van der Waals surface area contributed by atoms with Gasteiger partial charge in [-0.2, -0.15) is 5.10 Å². The first-order valence-corrected chi connectivity index (χ1v) is 7.85. The van der Waals surface area contributed by atoms with Crippen molar-refractivity contribution in [3.8, 4) is 11.5 Å². The van der Waals surface area contributed by atoms with Gasteiger partial charge in [0.1, 0.15) is 0 Å². The van der Waals surface area contributed by atoms with Gasteiger partial charge in [-0.3, -0.25) is 10.1 Å². The molecule has 0 aliphatic rings. The van der Waals surface area contributed by atoms with Crippen molar-refractivity contribution in [1.29, 1.82) is 0 Å². The molecule has 0 unspecified atom stereocenters. The quantitative estimate of drug-likeness (QED) is 0.248. The van der Waals surface area contributed by atoms with Crippen LogP contribution in [0.5, 0.6) is 11.5 Å². The maximum atomic E-state index is 12.3. The molecule has 8 heteroatoms. The van der Waals surface area contributed by atoms with E-state index in [1.54, 1.807) is 43.5 Å². The predicted molar refractivity (Wildman–Crippen MR) is 96.9 cm³/mol. The van der Waals surface area contributed by atoms with Crippen LogP contribution in [0.15, 0.2) is 47.6 Å². The summed E-state index contributed by atoms with van der Waals surface area (Å²) in [7, 11) is 3.60. The van der Waals surface area contributed by atoms with Crippen LogP contribution in [0.3, 0.4) is 0 Å². The molecule has 136 valence electrons. The maximum absolute atomic E-state index is 12.3. The highest BCUT2D eigenvalue weighted by Gasteiger charge is 2.16. The number of hydrogen-bond donors (Lipinski definition) is 0. The Morgan fingerprint density at radius 3 is 2.65 bits per heavy atom. The predicted octanol–water partition coefficient (Wildman–Crippen LogP) is 3.11. The van der Waals surface area contributed by atoms with Crippen LogP contribution >= 0.6 is 0 Å². The van der Waals surface area contributed by atoms with Crippen molar-refractivity contribution in [2.45, 2.75) is 6.92 Å². The van der Waals surface area contributed by atoms with Crippen molar-refractivity contribution >= 4 is 17.9 Å². The molecular weight excluding hydrogens is 338 g/mol. The number of hydrazone groups is 1. The minimum absolute atomic E-state index is 0.0832. The Kier molecular flexibility index (Phi) is 6.26. The fraction of sp³-hybridized carbons (Fsp3) is 0.222. The largest absolute Gasteiger partial charge is 0.490 e. The number of non-ortho nitro benzene ring substituents is 1. The number of hydrogen-bond acceptors (Lipinski definition) is 7. The summed E-state index contributed by atoms with van der Waals surface area (Å²) in [6.45, 7) is 2.20. The second-order valence-electron chi connectivity index (χ2n) is 5.43. The average molecular weight is 357 g/mol. The zero-order chi connectivity index (χ0) is 19.1. The zero-order valence-electron chi connectivity index (χ0n) is 14.7. The lowest BCUT2D eigenvalue weighted by molar-refractivity contribution is -0.384. The van der Waals surface area contributed by atoms with E-state index in [1.165, 1.54) is 24.3 Å². The minimum atomic E-state index is -0.704. The molecule has 0 bridgehead atoms. The molecule has 0 saturated heterocycles. The third kappa shape index (κ3) is 5.04. The molecule has 0 fully saturated rings. The van der Waals surface area contributed by atoms with Gasteiger partial charge in [-0.1, -0.05) is 6.07 Å². The van der Waals surface area contributed by atoms with E-state index >= 15 is 0 Å². The number of nitro benzene ring substituents is 1. The van der Waals surface area contributed by atoms with Gasteiger partial charge in [-0.25, -0.2) is 4.79 Å². The molecule has 0 saturated carbocycles. The molecule has 26 heavy (non-hydrogen) atoms. The monoisotopic (exact) mass is 357 g/mol. The van der Waals surface area contributed by atoms with Crippen LogP contribution in [0.4, 0.5) is 5.69 Å². The molecule has 2 aromatic carbocycles. The fourth-order valence-electron chi connectivity index (χ4n) is 2.04. The number of nitrogens with zero attached hydrogens (tertiary/aromatic N) is 3. The number of rotatable bonds is 7. The Labute approximate surface area is 150 Å². The number of esters is 1. The summed E-state index contributed by atoms with van der Waals surface area (Å²) >= 11 is 0. The van der Waals surface area contributed by atoms with Crippen LogP contribution in [0.25, 0.3) is 0 Å². The first-order chi connectivity index (χ1) is 12.4. The van der Waals surface area contributed by atoms with Gasteiger partial charge in [0.25, 0.3) is 5.69 Å². The first kappa shape index (κ1) is 18.9. The summed E-state index contributed by atoms with van der Waals surface area (Å²) < 4.78 is 10.9. The smallest absolute Gasteiger partial charge is 0.343 e. The molecule has 0 amide bonds. The third-order valence-corrected chi connectivity index (χ3v) is 3.20. The van der Waals surface area contributed by atoms with Crippen molar-refractivity contribution in [1.82, 2.24) is 5.01 Å². The molecule has 2 aromatic rings. The minimum Gasteiger partial charge on any atom is -0.490 e.